The molecule has 0 N–H and O–H groups in total. The molecule has 0 fully saturated rings. The van der Waals surface area contributed by atoms with Gasteiger partial charge in [-0.2, -0.15) is 4.99 Å². The predicted molar refractivity (Wildman–Crippen MR) is 70.0 cm³/mol. The van der Waals surface area contributed by atoms with E-state index in [1.807, 2.05) is 49.4 Å². The Morgan fingerprint density at radius 1 is 1.22 bits per heavy atom. The van der Waals surface area contributed by atoms with E-state index in [1.165, 1.54) is 5.56 Å². The summed E-state index contributed by atoms with van der Waals surface area (Å²) in [5.74, 6) is 0. The van der Waals surface area contributed by atoms with Gasteiger partial charge in [0.1, 0.15) is 0 Å². The number of hydrogen-bond donors (Lipinski definition) is 0. The van der Waals surface area contributed by atoms with E-state index in [0.717, 1.165) is 11.3 Å². The molecule has 0 aliphatic heterocycles. The smallest absolute Gasteiger partial charge is 0.235 e. The average molecular weight is 238 g/mol. The highest BCUT2D eigenvalue weighted by Gasteiger charge is 2.11. The number of aromatic nitrogens is 1. The molecular formula is C15H14N2O. The molecule has 0 amide bonds. The number of aliphatic imine (C=N–C) groups is 1. The van der Waals surface area contributed by atoms with Crippen LogP contribution in [-0.4, -0.2) is 11.1 Å². The first-order valence-corrected chi connectivity index (χ1v) is 5.83. The van der Waals surface area contributed by atoms with Gasteiger partial charge >= 0.3 is 0 Å². The van der Waals surface area contributed by atoms with E-state index in [2.05, 4.69) is 9.98 Å². The monoisotopic (exact) mass is 238 g/mol. The van der Waals surface area contributed by atoms with Crippen LogP contribution in [0, 0.1) is 6.92 Å². The number of carbonyl (C=O) groups excluding carboxylic acids is 1. The lowest BCUT2D eigenvalue weighted by Crippen LogP contribution is -2.01. The lowest BCUT2D eigenvalue weighted by molar-refractivity contribution is 0.556. The van der Waals surface area contributed by atoms with Crippen molar-refractivity contribution in [2.24, 2.45) is 4.99 Å². The summed E-state index contributed by atoms with van der Waals surface area (Å²) in [6.45, 7) is 2.03. The van der Waals surface area contributed by atoms with E-state index in [9.17, 15) is 4.79 Å². The Bertz CT molecular complexity index is 542. The van der Waals surface area contributed by atoms with Gasteiger partial charge in [-0.1, -0.05) is 35.9 Å². The third-order valence-electron chi connectivity index (χ3n) is 2.80. The van der Waals surface area contributed by atoms with E-state index >= 15 is 0 Å². The van der Waals surface area contributed by atoms with Crippen LogP contribution in [0.3, 0.4) is 0 Å². The van der Waals surface area contributed by atoms with Gasteiger partial charge in [-0.05, 0) is 24.6 Å². The maximum absolute atomic E-state index is 10.5. The largest absolute Gasteiger partial charge is 0.261 e. The van der Waals surface area contributed by atoms with Crippen molar-refractivity contribution in [3.05, 3.63) is 65.5 Å². The highest BCUT2D eigenvalue weighted by atomic mass is 16.1. The van der Waals surface area contributed by atoms with Crippen LogP contribution in [0.5, 0.6) is 0 Å². The minimum atomic E-state index is -0.210. The molecule has 3 heteroatoms. The van der Waals surface area contributed by atoms with Crippen LogP contribution in [0.2, 0.25) is 0 Å². The molecule has 0 aliphatic carbocycles. The van der Waals surface area contributed by atoms with Gasteiger partial charge < -0.3 is 0 Å². The second-order valence-electron chi connectivity index (χ2n) is 4.17. The molecule has 90 valence electrons. The molecular weight excluding hydrogens is 224 g/mol. The summed E-state index contributed by atoms with van der Waals surface area (Å²) >= 11 is 0. The first-order chi connectivity index (χ1) is 8.79. The Balaban J connectivity index is 2.23. The Morgan fingerprint density at radius 3 is 2.61 bits per heavy atom. The minimum Gasteiger partial charge on any atom is -0.261 e. The molecule has 1 unspecified atom stereocenters. The van der Waals surface area contributed by atoms with Gasteiger partial charge in [-0.3, -0.25) is 4.98 Å². The number of hydrogen-bond acceptors (Lipinski definition) is 3. The van der Waals surface area contributed by atoms with Gasteiger partial charge in [-0.15, -0.1) is 0 Å². The fraction of sp³-hybridized carbons (Fsp3) is 0.200. The molecule has 18 heavy (non-hydrogen) atoms. The topological polar surface area (TPSA) is 42.3 Å². The van der Waals surface area contributed by atoms with Crippen molar-refractivity contribution in [2.75, 3.05) is 0 Å². The Kier molecular flexibility index (Phi) is 4.00. The second kappa shape index (κ2) is 5.89. The average Bonchev–Trinajstić information content (AvgIpc) is 2.40. The van der Waals surface area contributed by atoms with Gasteiger partial charge in [-0.25, -0.2) is 4.79 Å². The SMILES string of the molecule is Cc1ccc(C(Cc2ccccn2)N=C=O)cc1. The molecule has 0 bridgehead atoms. The molecule has 1 atom stereocenters. The van der Waals surface area contributed by atoms with Crippen molar-refractivity contribution in [2.45, 2.75) is 19.4 Å². The van der Waals surface area contributed by atoms with Crippen LogP contribution in [0.15, 0.2) is 53.7 Å². The van der Waals surface area contributed by atoms with Gasteiger partial charge in [0.2, 0.25) is 6.08 Å². The van der Waals surface area contributed by atoms with Crippen molar-refractivity contribution in [1.82, 2.24) is 4.98 Å². The first-order valence-electron chi connectivity index (χ1n) is 5.83. The van der Waals surface area contributed by atoms with E-state index in [-0.39, 0.29) is 6.04 Å². The summed E-state index contributed by atoms with van der Waals surface area (Å²) < 4.78 is 0. The molecule has 2 rings (SSSR count). The first kappa shape index (κ1) is 12.2. The zero-order valence-corrected chi connectivity index (χ0v) is 10.2. The van der Waals surface area contributed by atoms with Crippen molar-refractivity contribution in [1.29, 1.82) is 0 Å². The fourth-order valence-corrected chi connectivity index (χ4v) is 1.81. The highest BCUT2D eigenvalue weighted by Crippen LogP contribution is 2.21. The molecule has 0 aliphatic rings. The molecule has 1 heterocycles. The van der Waals surface area contributed by atoms with Crippen LogP contribution >= 0.6 is 0 Å². The summed E-state index contributed by atoms with van der Waals surface area (Å²) in [5, 5.41) is 0. The molecule has 1 aromatic carbocycles. The molecule has 0 saturated heterocycles. The van der Waals surface area contributed by atoms with E-state index in [4.69, 9.17) is 0 Å². The summed E-state index contributed by atoms with van der Waals surface area (Å²) in [4.78, 5) is 18.7. The summed E-state index contributed by atoms with van der Waals surface area (Å²) in [6, 6.07) is 13.5. The number of pyridine rings is 1. The normalized spacial score (nSPS) is 11.6. The molecule has 0 spiro atoms. The van der Waals surface area contributed by atoms with Crippen LogP contribution in [0.25, 0.3) is 0 Å². The Labute approximate surface area is 106 Å². The van der Waals surface area contributed by atoms with Gasteiger partial charge in [0.15, 0.2) is 0 Å². The van der Waals surface area contributed by atoms with E-state index < -0.39 is 0 Å². The maximum atomic E-state index is 10.5. The summed E-state index contributed by atoms with van der Waals surface area (Å²) in [5.41, 5.74) is 3.11. The zero-order valence-electron chi connectivity index (χ0n) is 10.2. The molecule has 0 saturated carbocycles. The number of isocyanates is 1. The van der Waals surface area contributed by atoms with Gasteiger partial charge in [0, 0.05) is 18.3 Å². The summed E-state index contributed by atoms with van der Waals surface area (Å²) in [7, 11) is 0. The predicted octanol–water partition coefficient (Wildman–Crippen LogP) is 3.01. The van der Waals surface area contributed by atoms with Crippen molar-refractivity contribution < 1.29 is 4.79 Å². The number of rotatable bonds is 4. The van der Waals surface area contributed by atoms with Gasteiger partial charge in [0.25, 0.3) is 0 Å². The zero-order chi connectivity index (χ0) is 12.8. The Morgan fingerprint density at radius 2 is 2.00 bits per heavy atom. The number of aryl methyl sites for hydroxylation is 1. The summed E-state index contributed by atoms with van der Waals surface area (Å²) in [6.07, 6.45) is 4.00. The molecule has 1 aromatic heterocycles. The van der Waals surface area contributed by atoms with Crippen molar-refractivity contribution in [3.63, 3.8) is 0 Å². The lowest BCUT2D eigenvalue weighted by atomic mass is 10.0. The van der Waals surface area contributed by atoms with E-state index in [0.29, 0.717) is 6.42 Å². The second-order valence-corrected chi connectivity index (χ2v) is 4.17. The molecule has 0 radical (unpaired) electrons. The van der Waals surface area contributed by atoms with Crippen LogP contribution in [0.1, 0.15) is 22.9 Å². The maximum Gasteiger partial charge on any atom is 0.235 e. The van der Waals surface area contributed by atoms with E-state index in [1.54, 1.807) is 12.3 Å². The molecule has 2 aromatic rings. The Hall–Kier alpha value is -2.25. The quantitative estimate of drug-likeness (QED) is 0.607. The van der Waals surface area contributed by atoms with Gasteiger partial charge in [0.05, 0.1) is 6.04 Å². The van der Waals surface area contributed by atoms with Crippen LogP contribution in [-0.2, 0) is 11.2 Å². The van der Waals surface area contributed by atoms with Crippen molar-refractivity contribution >= 4 is 6.08 Å². The highest BCUT2D eigenvalue weighted by molar-refractivity contribution is 5.36. The molecule has 3 nitrogen and oxygen atoms in total. The minimum absolute atomic E-state index is 0.210. The third-order valence-corrected chi connectivity index (χ3v) is 2.80. The van der Waals surface area contributed by atoms with Crippen LogP contribution < -0.4 is 0 Å². The fourth-order valence-electron chi connectivity index (χ4n) is 1.81. The third kappa shape index (κ3) is 3.12. The number of benzene rings is 1. The number of nitrogens with zero attached hydrogens (tertiary/aromatic N) is 2. The standard InChI is InChI=1S/C15H14N2O/c1-12-5-7-13(8-6-12)15(17-11-18)10-14-4-2-3-9-16-14/h2-9,15H,10H2,1H3. The lowest BCUT2D eigenvalue weighted by Gasteiger charge is -2.10. The van der Waals surface area contributed by atoms with Crippen LogP contribution in [0.4, 0.5) is 0 Å². The van der Waals surface area contributed by atoms with Crippen molar-refractivity contribution in [3.8, 4) is 0 Å².